The fourth-order valence-electron chi connectivity index (χ4n) is 2.32. The molecule has 0 bridgehead atoms. The number of hydrogen-bond acceptors (Lipinski definition) is 3. The van der Waals surface area contributed by atoms with Gasteiger partial charge in [-0.05, 0) is 43.4 Å². The third-order valence-corrected chi connectivity index (χ3v) is 3.25. The first-order valence-electron chi connectivity index (χ1n) is 6.07. The van der Waals surface area contributed by atoms with Gasteiger partial charge in [-0.25, -0.2) is 4.39 Å². The Balaban J connectivity index is 1.91. The molecule has 1 aliphatic rings. The Morgan fingerprint density at radius 3 is 2.83 bits per heavy atom. The largest absolute Gasteiger partial charge is 0.399 e. The van der Waals surface area contributed by atoms with Crippen LogP contribution in [0.2, 0.25) is 0 Å². The van der Waals surface area contributed by atoms with Gasteiger partial charge in [0.2, 0.25) is 0 Å². The van der Waals surface area contributed by atoms with Crippen molar-refractivity contribution < 1.29 is 14.3 Å². The highest BCUT2D eigenvalue weighted by Gasteiger charge is 2.23. The van der Waals surface area contributed by atoms with Crippen molar-refractivity contribution in [1.82, 2.24) is 5.32 Å². The zero-order valence-corrected chi connectivity index (χ0v) is 10.0. The van der Waals surface area contributed by atoms with Crippen LogP contribution in [0.4, 0.5) is 10.1 Å². The van der Waals surface area contributed by atoms with E-state index in [1.54, 1.807) is 0 Å². The number of anilines is 1. The summed E-state index contributed by atoms with van der Waals surface area (Å²) in [5.74, 6) is -0.547. The molecule has 1 amide bonds. The van der Waals surface area contributed by atoms with Crippen LogP contribution in [-0.4, -0.2) is 23.7 Å². The highest BCUT2D eigenvalue weighted by atomic mass is 19.1. The predicted molar refractivity (Wildman–Crippen MR) is 66.5 cm³/mol. The van der Waals surface area contributed by atoms with Crippen molar-refractivity contribution in [3.05, 3.63) is 29.6 Å². The molecule has 4 N–H and O–H groups in total. The number of carbonyl (C=O) groups excluding carboxylic acids is 1. The zero-order valence-electron chi connectivity index (χ0n) is 10.0. The van der Waals surface area contributed by atoms with Crippen LogP contribution in [0.15, 0.2) is 18.2 Å². The first-order chi connectivity index (χ1) is 8.54. The van der Waals surface area contributed by atoms with Crippen molar-refractivity contribution in [3.8, 4) is 0 Å². The first kappa shape index (κ1) is 12.8. The van der Waals surface area contributed by atoms with Gasteiger partial charge in [-0.2, -0.15) is 0 Å². The second-order valence-corrected chi connectivity index (χ2v) is 4.82. The number of halogens is 1. The SMILES string of the molecule is Nc1cc(F)cc(C(=O)NCC2CCC(O)C2)c1. The molecule has 1 saturated carbocycles. The summed E-state index contributed by atoms with van der Waals surface area (Å²) in [5, 5.41) is 12.1. The third-order valence-electron chi connectivity index (χ3n) is 3.25. The van der Waals surface area contributed by atoms with E-state index in [1.165, 1.54) is 12.1 Å². The van der Waals surface area contributed by atoms with E-state index in [0.717, 1.165) is 18.9 Å². The third kappa shape index (κ3) is 3.20. The highest BCUT2D eigenvalue weighted by Crippen LogP contribution is 2.24. The van der Waals surface area contributed by atoms with Gasteiger partial charge in [-0.1, -0.05) is 0 Å². The summed E-state index contributed by atoms with van der Waals surface area (Å²) in [5.41, 5.74) is 5.94. The monoisotopic (exact) mass is 252 g/mol. The Labute approximate surface area is 105 Å². The Morgan fingerprint density at radius 1 is 1.44 bits per heavy atom. The molecule has 0 aliphatic heterocycles. The van der Waals surface area contributed by atoms with E-state index in [0.29, 0.717) is 18.9 Å². The van der Waals surface area contributed by atoms with E-state index in [4.69, 9.17) is 5.73 Å². The number of nitrogens with one attached hydrogen (secondary N) is 1. The average molecular weight is 252 g/mol. The summed E-state index contributed by atoms with van der Waals surface area (Å²) < 4.78 is 13.1. The average Bonchev–Trinajstić information content (AvgIpc) is 2.70. The van der Waals surface area contributed by atoms with Crippen molar-refractivity contribution >= 4 is 11.6 Å². The fourth-order valence-corrected chi connectivity index (χ4v) is 2.32. The van der Waals surface area contributed by atoms with Gasteiger partial charge in [0, 0.05) is 17.8 Å². The van der Waals surface area contributed by atoms with E-state index in [9.17, 15) is 14.3 Å². The maximum absolute atomic E-state index is 13.1. The van der Waals surface area contributed by atoms with Crippen molar-refractivity contribution in [2.75, 3.05) is 12.3 Å². The predicted octanol–water partition coefficient (Wildman–Crippen LogP) is 1.30. The van der Waals surface area contributed by atoms with Crippen molar-refractivity contribution in [2.45, 2.75) is 25.4 Å². The van der Waals surface area contributed by atoms with Gasteiger partial charge >= 0.3 is 0 Å². The number of benzene rings is 1. The lowest BCUT2D eigenvalue weighted by Crippen LogP contribution is -2.28. The quantitative estimate of drug-likeness (QED) is 0.710. The van der Waals surface area contributed by atoms with Crippen LogP contribution in [0.25, 0.3) is 0 Å². The molecular weight excluding hydrogens is 235 g/mol. The van der Waals surface area contributed by atoms with Crippen molar-refractivity contribution in [1.29, 1.82) is 0 Å². The molecule has 1 aliphatic carbocycles. The van der Waals surface area contributed by atoms with Gasteiger partial charge in [0.1, 0.15) is 5.82 Å². The van der Waals surface area contributed by atoms with Gasteiger partial charge in [0.25, 0.3) is 5.91 Å². The van der Waals surface area contributed by atoms with E-state index >= 15 is 0 Å². The molecule has 0 spiro atoms. The van der Waals surface area contributed by atoms with Gasteiger partial charge in [0.15, 0.2) is 0 Å². The Kier molecular flexibility index (Phi) is 3.81. The number of amides is 1. The summed E-state index contributed by atoms with van der Waals surface area (Å²) in [6.07, 6.45) is 2.16. The zero-order chi connectivity index (χ0) is 13.1. The molecule has 2 rings (SSSR count). The standard InChI is InChI=1S/C13H17FN2O2/c14-10-4-9(5-11(15)6-10)13(18)16-7-8-1-2-12(17)3-8/h4-6,8,12,17H,1-3,7,15H2,(H,16,18). The molecule has 1 aromatic rings. The molecule has 18 heavy (non-hydrogen) atoms. The summed E-state index contributed by atoms with van der Waals surface area (Å²) in [7, 11) is 0. The lowest BCUT2D eigenvalue weighted by atomic mass is 10.1. The van der Waals surface area contributed by atoms with Gasteiger partial charge < -0.3 is 16.2 Å². The highest BCUT2D eigenvalue weighted by molar-refractivity contribution is 5.95. The topological polar surface area (TPSA) is 75.4 Å². The number of aliphatic hydroxyl groups is 1. The Hall–Kier alpha value is -1.62. The second-order valence-electron chi connectivity index (χ2n) is 4.82. The molecule has 5 heteroatoms. The maximum Gasteiger partial charge on any atom is 0.251 e. The number of carbonyl (C=O) groups is 1. The Morgan fingerprint density at radius 2 is 2.22 bits per heavy atom. The maximum atomic E-state index is 13.1. The summed E-state index contributed by atoms with van der Waals surface area (Å²) in [6, 6.07) is 3.78. The molecular formula is C13H17FN2O2. The fraction of sp³-hybridized carbons (Fsp3) is 0.462. The number of aliphatic hydroxyl groups excluding tert-OH is 1. The van der Waals surface area contributed by atoms with E-state index < -0.39 is 5.82 Å². The Bertz CT molecular complexity index is 430. The molecule has 0 radical (unpaired) electrons. The first-order valence-corrected chi connectivity index (χ1v) is 6.07. The number of nitrogens with two attached hydrogens (primary N) is 1. The van der Waals surface area contributed by atoms with E-state index in [2.05, 4.69) is 5.32 Å². The van der Waals surface area contributed by atoms with Gasteiger partial charge in [-0.3, -0.25) is 4.79 Å². The van der Waals surface area contributed by atoms with Gasteiger partial charge in [0.05, 0.1) is 6.10 Å². The van der Waals surface area contributed by atoms with Crippen LogP contribution < -0.4 is 11.1 Å². The van der Waals surface area contributed by atoms with Crippen LogP contribution >= 0.6 is 0 Å². The molecule has 4 nitrogen and oxygen atoms in total. The minimum atomic E-state index is -0.517. The summed E-state index contributed by atoms with van der Waals surface area (Å²) >= 11 is 0. The van der Waals surface area contributed by atoms with Crippen molar-refractivity contribution in [3.63, 3.8) is 0 Å². The minimum Gasteiger partial charge on any atom is -0.399 e. The number of rotatable bonds is 3. The van der Waals surface area contributed by atoms with Crippen LogP contribution in [0, 0.1) is 11.7 Å². The smallest absolute Gasteiger partial charge is 0.251 e. The summed E-state index contributed by atoms with van der Waals surface area (Å²) in [4.78, 5) is 11.8. The lowest BCUT2D eigenvalue weighted by molar-refractivity contribution is 0.0944. The molecule has 98 valence electrons. The molecule has 2 unspecified atom stereocenters. The number of nitrogen functional groups attached to an aromatic ring is 1. The van der Waals surface area contributed by atoms with Crippen LogP contribution in [0.3, 0.4) is 0 Å². The molecule has 0 aromatic heterocycles. The van der Waals surface area contributed by atoms with Crippen LogP contribution in [-0.2, 0) is 0 Å². The van der Waals surface area contributed by atoms with E-state index in [1.807, 2.05) is 0 Å². The normalized spacial score (nSPS) is 23.0. The van der Waals surface area contributed by atoms with Crippen molar-refractivity contribution in [2.24, 2.45) is 5.92 Å². The van der Waals surface area contributed by atoms with E-state index in [-0.39, 0.29) is 23.3 Å². The van der Waals surface area contributed by atoms with Crippen LogP contribution in [0.5, 0.6) is 0 Å². The summed E-state index contributed by atoms with van der Waals surface area (Å²) in [6.45, 7) is 0.506. The molecule has 0 saturated heterocycles. The molecule has 0 heterocycles. The second kappa shape index (κ2) is 5.35. The molecule has 2 atom stereocenters. The lowest BCUT2D eigenvalue weighted by Gasteiger charge is -2.11. The van der Waals surface area contributed by atoms with Gasteiger partial charge in [-0.15, -0.1) is 0 Å². The van der Waals surface area contributed by atoms with Crippen LogP contribution in [0.1, 0.15) is 29.6 Å². The molecule has 1 aromatic carbocycles. The molecule has 1 fully saturated rings. The minimum absolute atomic E-state index is 0.228. The number of hydrogen-bond donors (Lipinski definition) is 3.